The highest BCUT2D eigenvalue weighted by atomic mass is 35.5. The number of pyridine rings is 1. The van der Waals surface area contributed by atoms with E-state index in [1.54, 1.807) is 24.4 Å². The van der Waals surface area contributed by atoms with E-state index in [4.69, 9.17) is 21.1 Å². The van der Waals surface area contributed by atoms with Crippen molar-refractivity contribution < 1.29 is 19.0 Å². The highest BCUT2D eigenvalue weighted by Gasteiger charge is 2.29. The molecule has 6 rings (SSSR count). The third-order valence-corrected chi connectivity index (χ3v) is 8.66. The minimum absolute atomic E-state index is 0.00597. The van der Waals surface area contributed by atoms with Crippen molar-refractivity contribution in [3.8, 4) is 28.7 Å². The van der Waals surface area contributed by atoms with E-state index < -0.39 is 0 Å². The number of ether oxygens (including phenoxy) is 2. The molecule has 220 valence electrons. The minimum Gasteiger partial charge on any atom is -0.488 e. The second kappa shape index (κ2) is 13.1. The Morgan fingerprint density at radius 1 is 1.00 bits per heavy atom. The molecule has 2 unspecified atom stereocenters. The quantitative estimate of drug-likeness (QED) is 0.208. The molecule has 6 nitrogen and oxygen atoms in total. The lowest BCUT2D eigenvalue weighted by Crippen LogP contribution is -2.41. The van der Waals surface area contributed by atoms with Crippen LogP contribution in [-0.2, 0) is 19.6 Å². The van der Waals surface area contributed by atoms with Crippen LogP contribution in [0.15, 0.2) is 73.1 Å². The Morgan fingerprint density at radius 2 is 1.84 bits per heavy atom. The predicted octanol–water partition coefficient (Wildman–Crippen LogP) is 7.45. The summed E-state index contributed by atoms with van der Waals surface area (Å²) in [4.78, 5) is 4.14. The van der Waals surface area contributed by atoms with Gasteiger partial charge in [-0.3, -0.25) is 4.98 Å². The number of aromatic nitrogens is 1. The summed E-state index contributed by atoms with van der Waals surface area (Å²) >= 11 is 6.81. The van der Waals surface area contributed by atoms with Gasteiger partial charge in [0.1, 0.15) is 36.1 Å². The summed E-state index contributed by atoms with van der Waals surface area (Å²) in [6.07, 6.45) is 7.88. The summed E-state index contributed by atoms with van der Waals surface area (Å²) in [6, 6.07) is 20.3. The first-order valence-corrected chi connectivity index (χ1v) is 15.1. The van der Waals surface area contributed by atoms with Crippen LogP contribution in [0.5, 0.6) is 11.5 Å². The molecule has 0 amide bonds. The van der Waals surface area contributed by atoms with Gasteiger partial charge in [-0.25, -0.2) is 4.39 Å². The minimum atomic E-state index is -0.382. The summed E-state index contributed by atoms with van der Waals surface area (Å²) in [5, 5.41) is 23.7. The summed E-state index contributed by atoms with van der Waals surface area (Å²) in [5.41, 5.74) is 5.65. The summed E-state index contributed by atoms with van der Waals surface area (Å²) in [7, 11) is 0. The molecule has 4 aromatic rings. The van der Waals surface area contributed by atoms with E-state index in [0.717, 1.165) is 66.3 Å². The standard InChI is InChI=1S/C35H33ClFN3O3/c36-29-15-24(20-40-31-10-3-4-11-32(31)41)34(42-21-23-14-22(17-38)18-39-19-23)16-35(29)43-33-13-12-26-25(7-5-8-28(26)33)27-6-1-2-9-30(27)37/h1-2,5-9,14-16,18-19,31-33,40-41H,3-4,10-13,20-21H2/t31?,32?,33-/m0/s1. The molecule has 0 saturated heterocycles. The van der Waals surface area contributed by atoms with Crippen LogP contribution < -0.4 is 14.8 Å². The number of hydrogen-bond donors (Lipinski definition) is 2. The van der Waals surface area contributed by atoms with Gasteiger partial charge in [0.05, 0.1) is 16.7 Å². The van der Waals surface area contributed by atoms with Crippen molar-refractivity contribution in [3.05, 3.63) is 112 Å². The zero-order valence-electron chi connectivity index (χ0n) is 23.7. The number of halogens is 2. The fraction of sp³-hybridized carbons (Fsp3) is 0.314. The van der Waals surface area contributed by atoms with Gasteiger partial charge < -0.3 is 19.9 Å². The molecule has 0 aliphatic heterocycles. The van der Waals surface area contributed by atoms with Crippen LogP contribution >= 0.6 is 11.6 Å². The first kappa shape index (κ1) is 29.1. The Bertz CT molecular complexity index is 1660. The molecule has 2 aliphatic rings. The number of benzene rings is 3. The van der Waals surface area contributed by atoms with E-state index >= 15 is 0 Å². The Hall–Kier alpha value is -3.96. The Balaban J connectivity index is 1.26. The van der Waals surface area contributed by atoms with Crippen molar-refractivity contribution >= 4 is 11.6 Å². The number of rotatable bonds is 9. The normalized spacial score (nSPS) is 19.4. The molecule has 0 spiro atoms. The summed E-state index contributed by atoms with van der Waals surface area (Å²) in [6.45, 7) is 0.673. The number of hydrogen-bond acceptors (Lipinski definition) is 6. The van der Waals surface area contributed by atoms with Gasteiger partial charge in [0.25, 0.3) is 0 Å². The molecule has 2 aliphatic carbocycles. The lowest BCUT2D eigenvalue weighted by Gasteiger charge is -2.29. The maximum Gasteiger partial charge on any atom is 0.142 e. The van der Waals surface area contributed by atoms with Crippen molar-refractivity contribution in [2.24, 2.45) is 0 Å². The average molecular weight is 598 g/mol. The molecule has 1 fully saturated rings. The molecule has 43 heavy (non-hydrogen) atoms. The number of aliphatic hydroxyl groups is 1. The van der Waals surface area contributed by atoms with E-state index in [9.17, 15) is 14.8 Å². The second-order valence-electron chi connectivity index (χ2n) is 11.2. The van der Waals surface area contributed by atoms with Gasteiger partial charge in [0, 0.05) is 47.7 Å². The molecule has 3 atom stereocenters. The van der Waals surface area contributed by atoms with Crippen LogP contribution in [0.3, 0.4) is 0 Å². The second-order valence-corrected chi connectivity index (χ2v) is 11.6. The molecule has 1 aromatic heterocycles. The molecule has 1 heterocycles. The van der Waals surface area contributed by atoms with Crippen molar-refractivity contribution in [2.45, 2.75) is 69.9 Å². The van der Waals surface area contributed by atoms with Gasteiger partial charge in [0.2, 0.25) is 0 Å². The van der Waals surface area contributed by atoms with Gasteiger partial charge in [-0.15, -0.1) is 0 Å². The number of nitriles is 1. The Morgan fingerprint density at radius 3 is 2.67 bits per heavy atom. The van der Waals surface area contributed by atoms with E-state index in [1.807, 2.05) is 36.4 Å². The Kier molecular flexibility index (Phi) is 8.90. The lowest BCUT2D eigenvalue weighted by atomic mass is 9.92. The average Bonchev–Trinajstić information content (AvgIpc) is 3.44. The lowest BCUT2D eigenvalue weighted by molar-refractivity contribution is 0.0901. The predicted molar refractivity (Wildman–Crippen MR) is 163 cm³/mol. The van der Waals surface area contributed by atoms with Crippen LogP contribution in [0, 0.1) is 17.1 Å². The fourth-order valence-corrected chi connectivity index (χ4v) is 6.37. The van der Waals surface area contributed by atoms with Gasteiger partial charge >= 0.3 is 0 Å². The van der Waals surface area contributed by atoms with Crippen molar-refractivity contribution in [1.29, 1.82) is 5.26 Å². The van der Waals surface area contributed by atoms with Gasteiger partial charge in [-0.2, -0.15) is 5.26 Å². The van der Waals surface area contributed by atoms with E-state index in [0.29, 0.717) is 34.2 Å². The largest absolute Gasteiger partial charge is 0.488 e. The van der Waals surface area contributed by atoms with Crippen LogP contribution in [0.25, 0.3) is 11.1 Å². The van der Waals surface area contributed by atoms with Crippen LogP contribution in [0.4, 0.5) is 4.39 Å². The molecular weight excluding hydrogens is 565 g/mol. The third-order valence-electron chi connectivity index (χ3n) is 8.37. The highest BCUT2D eigenvalue weighted by molar-refractivity contribution is 6.32. The number of nitrogens with one attached hydrogen (secondary N) is 1. The molecule has 0 radical (unpaired) electrons. The van der Waals surface area contributed by atoms with Crippen LogP contribution in [0.2, 0.25) is 5.02 Å². The van der Waals surface area contributed by atoms with Gasteiger partial charge in [0.15, 0.2) is 0 Å². The summed E-state index contributed by atoms with van der Waals surface area (Å²) < 4.78 is 27.5. The fourth-order valence-electron chi connectivity index (χ4n) is 6.14. The zero-order chi connectivity index (χ0) is 29.8. The smallest absolute Gasteiger partial charge is 0.142 e. The molecule has 1 saturated carbocycles. The van der Waals surface area contributed by atoms with E-state index in [-0.39, 0.29) is 30.7 Å². The monoisotopic (exact) mass is 597 g/mol. The van der Waals surface area contributed by atoms with E-state index in [2.05, 4.69) is 16.4 Å². The summed E-state index contributed by atoms with van der Waals surface area (Å²) in [5.74, 6) is 0.847. The zero-order valence-corrected chi connectivity index (χ0v) is 24.5. The van der Waals surface area contributed by atoms with Crippen molar-refractivity contribution in [1.82, 2.24) is 10.3 Å². The Labute approximate surface area is 256 Å². The number of fused-ring (bicyclic) bond motifs is 1. The number of aliphatic hydroxyl groups excluding tert-OH is 1. The molecular formula is C35H33ClFN3O3. The number of nitrogens with zero attached hydrogens (tertiary/aromatic N) is 2. The van der Waals surface area contributed by atoms with Crippen LogP contribution in [0.1, 0.15) is 66.0 Å². The molecule has 8 heteroatoms. The molecule has 2 N–H and O–H groups in total. The molecule has 0 bridgehead atoms. The van der Waals surface area contributed by atoms with Crippen molar-refractivity contribution in [2.75, 3.05) is 0 Å². The van der Waals surface area contributed by atoms with E-state index in [1.165, 1.54) is 12.3 Å². The third kappa shape index (κ3) is 6.52. The maximum atomic E-state index is 14.7. The van der Waals surface area contributed by atoms with Crippen LogP contribution in [-0.4, -0.2) is 22.2 Å². The van der Waals surface area contributed by atoms with Gasteiger partial charge in [-0.05, 0) is 60.6 Å². The molecule has 3 aromatic carbocycles. The highest BCUT2D eigenvalue weighted by Crippen LogP contribution is 2.43. The van der Waals surface area contributed by atoms with Crippen molar-refractivity contribution in [3.63, 3.8) is 0 Å². The van der Waals surface area contributed by atoms with Gasteiger partial charge in [-0.1, -0.05) is 60.8 Å². The topological polar surface area (TPSA) is 87.4 Å². The SMILES string of the molecule is N#Cc1cncc(COc2cc(O[C@H]3CCc4c(-c5ccccc5F)cccc43)c(Cl)cc2CNC2CCCCC2O)c1. The maximum absolute atomic E-state index is 14.7. The first-order valence-electron chi connectivity index (χ1n) is 14.7. The first-order chi connectivity index (χ1) is 21.0.